The van der Waals surface area contributed by atoms with Crippen LogP contribution in [0.5, 0.6) is 0 Å². The fourth-order valence-corrected chi connectivity index (χ4v) is 3.31. The smallest absolute Gasteiger partial charge is 0.0457 e. The molecule has 0 bridgehead atoms. The fraction of sp³-hybridized carbons (Fsp3) is 0.571. The van der Waals surface area contributed by atoms with E-state index in [1.165, 1.54) is 17.5 Å². The Morgan fingerprint density at radius 2 is 1.82 bits per heavy atom. The molecule has 0 saturated carbocycles. The topological polar surface area (TPSA) is 12.0 Å². The van der Waals surface area contributed by atoms with Crippen molar-refractivity contribution in [3.8, 4) is 0 Å². The van der Waals surface area contributed by atoms with Gasteiger partial charge in [-0.25, -0.2) is 0 Å². The maximum Gasteiger partial charge on any atom is 0.0457 e. The average Bonchev–Trinajstić information content (AvgIpc) is 2.32. The van der Waals surface area contributed by atoms with Crippen LogP contribution in [0.1, 0.15) is 56.2 Å². The van der Waals surface area contributed by atoms with Crippen molar-refractivity contribution in [3.05, 3.63) is 33.3 Å². The molecular formula is C14H19Cl2N. The summed E-state index contributed by atoms with van der Waals surface area (Å²) < 4.78 is 0. The second kappa shape index (κ2) is 5.60. The van der Waals surface area contributed by atoms with E-state index in [1.54, 1.807) is 0 Å². The molecule has 1 aromatic carbocycles. The molecule has 94 valence electrons. The molecule has 1 nitrogen and oxygen atoms in total. The highest BCUT2D eigenvalue weighted by Crippen LogP contribution is 2.44. The Kier molecular flexibility index (Phi) is 4.35. The van der Waals surface area contributed by atoms with Crippen LogP contribution in [0.15, 0.2) is 12.1 Å². The minimum atomic E-state index is 0.368. The van der Waals surface area contributed by atoms with Gasteiger partial charge in [-0.05, 0) is 55.0 Å². The van der Waals surface area contributed by atoms with Gasteiger partial charge in [0, 0.05) is 16.1 Å². The van der Waals surface area contributed by atoms with E-state index in [0.29, 0.717) is 12.0 Å². The summed E-state index contributed by atoms with van der Waals surface area (Å²) in [6.45, 7) is 5.44. The van der Waals surface area contributed by atoms with Crippen molar-refractivity contribution in [1.82, 2.24) is 5.32 Å². The van der Waals surface area contributed by atoms with E-state index in [4.69, 9.17) is 23.2 Å². The highest BCUT2D eigenvalue weighted by molar-refractivity contribution is 6.34. The van der Waals surface area contributed by atoms with Gasteiger partial charge >= 0.3 is 0 Å². The molecule has 0 heterocycles. The Labute approximate surface area is 114 Å². The predicted octanol–water partition coefficient (Wildman–Crippen LogP) is 4.93. The van der Waals surface area contributed by atoms with Crippen LogP contribution >= 0.6 is 23.2 Å². The van der Waals surface area contributed by atoms with Crippen LogP contribution in [-0.2, 0) is 0 Å². The molecule has 0 aromatic heterocycles. The molecular weight excluding hydrogens is 253 g/mol. The first-order valence-corrected chi connectivity index (χ1v) is 7.12. The van der Waals surface area contributed by atoms with Gasteiger partial charge in [0.25, 0.3) is 0 Å². The van der Waals surface area contributed by atoms with Crippen molar-refractivity contribution < 1.29 is 0 Å². The molecule has 17 heavy (non-hydrogen) atoms. The van der Waals surface area contributed by atoms with Gasteiger partial charge in [-0.2, -0.15) is 0 Å². The minimum absolute atomic E-state index is 0.368. The zero-order valence-electron chi connectivity index (χ0n) is 10.4. The number of hydrogen-bond donors (Lipinski definition) is 1. The Bertz CT molecular complexity index is 403. The molecule has 0 aliphatic heterocycles. The van der Waals surface area contributed by atoms with Crippen molar-refractivity contribution in [1.29, 1.82) is 0 Å². The average molecular weight is 272 g/mol. The molecule has 0 radical (unpaired) electrons. The van der Waals surface area contributed by atoms with E-state index >= 15 is 0 Å². The maximum absolute atomic E-state index is 6.35. The lowest BCUT2D eigenvalue weighted by Gasteiger charge is -2.32. The molecule has 0 amide bonds. The van der Waals surface area contributed by atoms with Gasteiger partial charge < -0.3 is 5.32 Å². The lowest BCUT2D eigenvalue weighted by Crippen LogP contribution is -2.27. The third-order valence-corrected chi connectivity index (χ3v) is 4.21. The van der Waals surface area contributed by atoms with Crippen LogP contribution < -0.4 is 5.32 Å². The third kappa shape index (κ3) is 2.62. The minimum Gasteiger partial charge on any atom is -0.310 e. The summed E-state index contributed by atoms with van der Waals surface area (Å²) in [6.07, 6.45) is 3.46. The third-order valence-electron chi connectivity index (χ3n) is 3.55. The second-order valence-electron chi connectivity index (χ2n) is 4.84. The van der Waals surface area contributed by atoms with Crippen molar-refractivity contribution in [2.75, 3.05) is 6.54 Å². The van der Waals surface area contributed by atoms with E-state index in [9.17, 15) is 0 Å². The number of rotatable bonds is 3. The van der Waals surface area contributed by atoms with Crippen molar-refractivity contribution in [2.24, 2.45) is 0 Å². The van der Waals surface area contributed by atoms with E-state index in [1.807, 2.05) is 12.1 Å². The first-order valence-electron chi connectivity index (χ1n) is 6.36. The summed E-state index contributed by atoms with van der Waals surface area (Å²) in [6, 6.07) is 4.20. The molecule has 2 atom stereocenters. The van der Waals surface area contributed by atoms with E-state index < -0.39 is 0 Å². The molecule has 2 unspecified atom stereocenters. The SMILES string of the molecule is CCCNC1CCC(C)c2c(Cl)ccc(Cl)c21. The first-order chi connectivity index (χ1) is 8.15. The summed E-state index contributed by atoms with van der Waals surface area (Å²) in [5, 5.41) is 5.29. The van der Waals surface area contributed by atoms with Crippen LogP contribution in [0.3, 0.4) is 0 Å². The maximum atomic E-state index is 6.35. The Balaban J connectivity index is 2.40. The van der Waals surface area contributed by atoms with E-state index in [0.717, 1.165) is 29.4 Å². The van der Waals surface area contributed by atoms with Crippen molar-refractivity contribution in [3.63, 3.8) is 0 Å². The predicted molar refractivity (Wildman–Crippen MR) is 75.1 cm³/mol. The van der Waals surface area contributed by atoms with Crippen molar-refractivity contribution >= 4 is 23.2 Å². The van der Waals surface area contributed by atoms with E-state index in [-0.39, 0.29) is 0 Å². The molecule has 1 aliphatic carbocycles. The first kappa shape index (κ1) is 13.2. The lowest BCUT2D eigenvalue weighted by atomic mass is 9.81. The normalized spacial score (nSPS) is 23.5. The summed E-state index contributed by atoms with van der Waals surface area (Å²) in [5.74, 6) is 0.510. The summed E-state index contributed by atoms with van der Waals surface area (Å²) in [7, 11) is 0. The van der Waals surface area contributed by atoms with Crippen LogP contribution in [0.25, 0.3) is 0 Å². The lowest BCUT2D eigenvalue weighted by molar-refractivity contribution is 0.433. The molecule has 2 rings (SSSR count). The van der Waals surface area contributed by atoms with E-state index in [2.05, 4.69) is 19.2 Å². The Morgan fingerprint density at radius 1 is 1.18 bits per heavy atom. The molecule has 1 aliphatic rings. The summed E-state index contributed by atoms with van der Waals surface area (Å²) in [4.78, 5) is 0. The molecule has 1 aromatic rings. The van der Waals surface area contributed by atoms with Crippen LogP contribution in [-0.4, -0.2) is 6.54 Å². The fourth-order valence-electron chi connectivity index (χ4n) is 2.67. The zero-order chi connectivity index (χ0) is 12.4. The monoisotopic (exact) mass is 271 g/mol. The standard InChI is InChI=1S/C14H19Cl2N/c1-3-8-17-12-7-4-9(2)13-10(15)5-6-11(16)14(12)13/h5-6,9,12,17H,3-4,7-8H2,1-2H3. The second-order valence-corrected chi connectivity index (χ2v) is 5.66. The van der Waals surface area contributed by atoms with Gasteiger partial charge in [-0.15, -0.1) is 0 Å². The molecule has 3 heteroatoms. The van der Waals surface area contributed by atoms with Gasteiger partial charge in [-0.3, -0.25) is 0 Å². The molecule has 0 spiro atoms. The van der Waals surface area contributed by atoms with Gasteiger partial charge in [0.1, 0.15) is 0 Å². The molecule has 1 N–H and O–H groups in total. The number of halogens is 2. The Hall–Kier alpha value is -0.240. The van der Waals surface area contributed by atoms with Crippen LogP contribution in [0.2, 0.25) is 10.0 Å². The van der Waals surface area contributed by atoms with Gasteiger partial charge in [-0.1, -0.05) is 37.0 Å². The van der Waals surface area contributed by atoms with Crippen LogP contribution in [0, 0.1) is 0 Å². The number of fused-ring (bicyclic) bond motifs is 1. The highest BCUT2D eigenvalue weighted by Gasteiger charge is 2.28. The largest absolute Gasteiger partial charge is 0.310 e. The zero-order valence-corrected chi connectivity index (χ0v) is 11.9. The summed E-state index contributed by atoms with van der Waals surface area (Å²) in [5.41, 5.74) is 2.48. The summed E-state index contributed by atoms with van der Waals surface area (Å²) >= 11 is 12.7. The number of hydrogen-bond acceptors (Lipinski definition) is 1. The van der Waals surface area contributed by atoms with Gasteiger partial charge in [0.05, 0.1) is 0 Å². The van der Waals surface area contributed by atoms with Crippen LogP contribution in [0.4, 0.5) is 0 Å². The van der Waals surface area contributed by atoms with Gasteiger partial charge in [0.2, 0.25) is 0 Å². The highest BCUT2D eigenvalue weighted by atomic mass is 35.5. The van der Waals surface area contributed by atoms with Crippen molar-refractivity contribution in [2.45, 2.75) is 45.1 Å². The molecule has 0 saturated heterocycles. The number of benzene rings is 1. The van der Waals surface area contributed by atoms with Gasteiger partial charge in [0.15, 0.2) is 0 Å². The molecule has 0 fully saturated rings. The number of nitrogens with one attached hydrogen (secondary N) is 1. The Morgan fingerprint density at radius 3 is 2.47 bits per heavy atom. The quantitative estimate of drug-likeness (QED) is 0.822.